The van der Waals surface area contributed by atoms with Crippen LogP contribution in [0, 0.1) is 0 Å². The zero-order valence-corrected chi connectivity index (χ0v) is 19.1. The molecule has 2 aliphatic heterocycles. The van der Waals surface area contributed by atoms with E-state index in [1.54, 1.807) is 29.2 Å². The standard InChI is InChI=1S/C25H20F4N2O3S/c26-23(27)33-17-8-4-14(5-9-17)12-16-2-1-3-19-21(16)30-25-31(20(32)13-35-25)22(19)15-6-10-18(11-7-15)34-24(28)29/h4-12,22-24H,1-3,13H2. The van der Waals surface area contributed by atoms with Gasteiger partial charge >= 0.3 is 13.2 Å². The summed E-state index contributed by atoms with van der Waals surface area (Å²) in [5.41, 5.74) is 4.40. The lowest BCUT2D eigenvalue weighted by Gasteiger charge is -2.37. The Balaban J connectivity index is 1.52. The molecule has 0 radical (unpaired) electrons. The first-order chi connectivity index (χ1) is 16.9. The first-order valence-corrected chi connectivity index (χ1v) is 11.9. The number of allylic oxidation sites excluding steroid dienone is 1. The van der Waals surface area contributed by atoms with Gasteiger partial charge in [-0.2, -0.15) is 17.6 Å². The smallest absolute Gasteiger partial charge is 0.387 e. The molecule has 35 heavy (non-hydrogen) atoms. The van der Waals surface area contributed by atoms with Crippen molar-refractivity contribution in [1.29, 1.82) is 0 Å². The highest BCUT2D eigenvalue weighted by atomic mass is 32.2. The van der Waals surface area contributed by atoms with Crippen molar-refractivity contribution >= 4 is 28.9 Å². The highest BCUT2D eigenvalue weighted by Gasteiger charge is 2.42. The maximum Gasteiger partial charge on any atom is 0.387 e. The Morgan fingerprint density at radius 2 is 1.57 bits per heavy atom. The van der Waals surface area contributed by atoms with E-state index in [9.17, 15) is 22.4 Å². The third kappa shape index (κ3) is 4.93. The summed E-state index contributed by atoms with van der Waals surface area (Å²) in [6, 6.07) is 12.4. The predicted molar refractivity (Wildman–Crippen MR) is 124 cm³/mol. The molecule has 10 heteroatoms. The normalized spacial score (nSPS) is 20.9. The molecule has 3 aliphatic rings. The highest BCUT2D eigenvalue weighted by molar-refractivity contribution is 8.15. The maximum absolute atomic E-state index is 12.8. The van der Waals surface area contributed by atoms with Crippen LogP contribution in [-0.2, 0) is 4.79 Å². The Morgan fingerprint density at radius 1 is 0.943 bits per heavy atom. The Labute approximate surface area is 203 Å². The Hall–Kier alpha value is -3.27. The molecule has 0 aromatic heterocycles. The van der Waals surface area contributed by atoms with Crippen molar-refractivity contribution < 1.29 is 31.8 Å². The minimum absolute atomic E-state index is 0.0493. The van der Waals surface area contributed by atoms with Crippen molar-refractivity contribution in [3.63, 3.8) is 0 Å². The number of hydrogen-bond acceptors (Lipinski definition) is 5. The van der Waals surface area contributed by atoms with Crippen LogP contribution < -0.4 is 9.47 Å². The summed E-state index contributed by atoms with van der Waals surface area (Å²) in [6.45, 7) is -5.80. The number of rotatable bonds is 6. The van der Waals surface area contributed by atoms with Crippen molar-refractivity contribution in [3.8, 4) is 11.5 Å². The van der Waals surface area contributed by atoms with Gasteiger partial charge in [-0.15, -0.1) is 0 Å². The summed E-state index contributed by atoms with van der Waals surface area (Å²) in [5, 5.41) is 0.611. The first-order valence-electron chi connectivity index (χ1n) is 11.0. The zero-order chi connectivity index (χ0) is 24.5. The van der Waals surface area contributed by atoms with Crippen LogP contribution in [0.15, 0.2) is 70.4 Å². The lowest BCUT2D eigenvalue weighted by atomic mass is 9.83. The molecule has 2 aromatic rings. The molecular weight excluding hydrogens is 484 g/mol. The third-order valence-corrected chi connectivity index (χ3v) is 6.90. The number of fused-ring (bicyclic) bond motifs is 1. The fraction of sp³-hybridized carbons (Fsp3) is 0.280. The van der Waals surface area contributed by atoms with Gasteiger partial charge in [-0.05, 0) is 71.9 Å². The Morgan fingerprint density at radius 3 is 2.20 bits per heavy atom. The van der Waals surface area contributed by atoms with E-state index in [-0.39, 0.29) is 29.2 Å². The fourth-order valence-corrected chi connectivity index (χ4v) is 5.45. The van der Waals surface area contributed by atoms with Crippen LogP contribution in [-0.4, -0.2) is 35.0 Å². The van der Waals surface area contributed by atoms with Crippen LogP contribution >= 0.6 is 11.8 Å². The summed E-state index contributed by atoms with van der Waals surface area (Å²) < 4.78 is 58.9. The fourth-order valence-electron chi connectivity index (χ4n) is 4.56. The van der Waals surface area contributed by atoms with Gasteiger partial charge in [0.2, 0.25) is 5.91 Å². The van der Waals surface area contributed by atoms with E-state index in [0.29, 0.717) is 5.17 Å². The topological polar surface area (TPSA) is 51.1 Å². The molecule has 1 amide bonds. The average Bonchev–Trinajstić information content (AvgIpc) is 3.19. The van der Waals surface area contributed by atoms with Gasteiger partial charge in [0, 0.05) is 0 Å². The molecule has 1 saturated heterocycles. The number of amides is 1. The number of benzene rings is 2. The molecule has 0 N–H and O–H groups in total. The molecule has 2 aromatic carbocycles. The molecule has 5 rings (SSSR count). The number of amidine groups is 1. The van der Waals surface area contributed by atoms with Crippen LogP contribution in [0.3, 0.4) is 0 Å². The number of aliphatic imine (C=N–C) groups is 1. The van der Waals surface area contributed by atoms with Gasteiger partial charge in [-0.25, -0.2) is 4.99 Å². The van der Waals surface area contributed by atoms with Crippen molar-refractivity contribution in [2.24, 2.45) is 4.99 Å². The van der Waals surface area contributed by atoms with Crippen molar-refractivity contribution in [2.45, 2.75) is 38.5 Å². The van der Waals surface area contributed by atoms with Gasteiger partial charge in [0.15, 0.2) is 5.17 Å². The monoisotopic (exact) mass is 504 g/mol. The number of nitrogens with zero attached hydrogens (tertiary/aromatic N) is 2. The van der Waals surface area contributed by atoms with Crippen LogP contribution in [0.1, 0.15) is 36.4 Å². The molecule has 1 fully saturated rings. The van der Waals surface area contributed by atoms with Gasteiger partial charge in [0.1, 0.15) is 11.5 Å². The van der Waals surface area contributed by atoms with E-state index < -0.39 is 13.2 Å². The largest absolute Gasteiger partial charge is 0.435 e. The number of thioether (sulfide) groups is 1. The number of carbonyl (C=O) groups excluding carboxylic acids is 1. The summed E-state index contributed by atoms with van der Waals surface area (Å²) >= 11 is 1.37. The minimum Gasteiger partial charge on any atom is -0.435 e. The molecule has 182 valence electrons. The van der Waals surface area contributed by atoms with Gasteiger partial charge in [-0.3, -0.25) is 9.69 Å². The second-order valence-corrected chi connectivity index (χ2v) is 9.08. The summed E-state index contributed by atoms with van der Waals surface area (Å²) in [4.78, 5) is 19.3. The molecular formula is C25H20F4N2O3S. The van der Waals surface area contributed by atoms with Gasteiger partial charge < -0.3 is 9.47 Å². The average molecular weight is 505 g/mol. The van der Waals surface area contributed by atoms with Crippen molar-refractivity contribution in [3.05, 3.63) is 76.5 Å². The third-order valence-electron chi connectivity index (χ3n) is 5.96. The maximum atomic E-state index is 12.8. The van der Waals surface area contributed by atoms with Crippen LogP contribution in [0.2, 0.25) is 0 Å². The van der Waals surface area contributed by atoms with Gasteiger partial charge in [0.25, 0.3) is 0 Å². The van der Waals surface area contributed by atoms with Crippen molar-refractivity contribution in [2.75, 3.05) is 5.75 Å². The van der Waals surface area contributed by atoms with E-state index in [4.69, 9.17) is 4.99 Å². The van der Waals surface area contributed by atoms with E-state index in [2.05, 4.69) is 9.47 Å². The van der Waals surface area contributed by atoms with Crippen LogP contribution in [0.5, 0.6) is 11.5 Å². The predicted octanol–water partition coefficient (Wildman–Crippen LogP) is 6.40. The molecule has 0 spiro atoms. The number of hydrogen-bond donors (Lipinski definition) is 0. The number of alkyl halides is 4. The Bertz CT molecular complexity index is 1210. The van der Waals surface area contributed by atoms with E-state index in [1.807, 2.05) is 6.08 Å². The summed E-state index contributed by atoms with van der Waals surface area (Å²) in [7, 11) is 0. The molecule has 2 heterocycles. The Kier molecular flexibility index (Phi) is 6.55. The van der Waals surface area contributed by atoms with Crippen LogP contribution in [0.25, 0.3) is 6.08 Å². The second kappa shape index (κ2) is 9.77. The van der Waals surface area contributed by atoms with E-state index in [1.165, 1.54) is 36.0 Å². The quantitative estimate of drug-likeness (QED) is 0.428. The summed E-state index contributed by atoms with van der Waals surface area (Å²) in [6.07, 6.45) is 4.33. The SMILES string of the molecule is O=C1CSC2=NC3=C(CCCC3=Cc3ccc(OC(F)F)cc3)C(c3ccc(OC(F)F)cc3)N12. The molecule has 1 atom stereocenters. The number of halogens is 4. The van der Waals surface area contributed by atoms with E-state index >= 15 is 0 Å². The zero-order valence-electron chi connectivity index (χ0n) is 18.3. The molecule has 5 nitrogen and oxygen atoms in total. The lowest BCUT2D eigenvalue weighted by Crippen LogP contribution is -2.38. The summed E-state index contributed by atoms with van der Waals surface area (Å²) in [5.74, 6) is 0.365. The van der Waals surface area contributed by atoms with Gasteiger partial charge in [-0.1, -0.05) is 36.0 Å². The second-order valence-electron chi connectivity index (χ2n) is 8.14. The van der Waals surface area contributed by atoms with E-state index in [0.717, 1.165) is 47.2 Å². The number of carbonyl (C=O) groups is 1. The van der Waals surface area contributed by atoms with Crippen LogP contribution in [0.4, 0.5) is 17.6 Å². The number of ether oxygens (including phenoxy) is 2. The molecule has 1 aliphatic carbocycles. The first kappa shape index (κ1) is 23.5. The molecule has 0 bridgehead atoms. The molecule has 0 saturated carbocycles. The highest BCUT2D eigenvalue weighted by Crippen LogP contribution is 2.47. The lowest BCUT2D eigenvalue weighted by molar-refractivity contribution is -0.125. The molecule has 1 unspecified atom stereocenters. The minimum atomic E-state index is -2.91. The van der Waals surface area contributed by atoms with Crippen molar-refractivity contribution in [1.82, 2.24) is 4.90 Å². The van der Waals surface area contributed by atoms with Gasteiger partial charge in [0.05, 0.1) is 17.5 Å².